The number of nitrogens with zero attached hydrogens (tertiary/aromatic N) is 2. The molecule has 0 spiro atoms. The molecule has 3 aliphatic heterocycles. The summed E-state index contributed by atoms with van der Waals surface area (Å²) < 4.78 is 0. The summed E-state index contributed by atoms with van der Waals surface area (Å²) in [5, 5.41) is 5.38. The summed E-state index contributed by atoms with van der Waals surface area (Å²) in [6, 6.07) is 6.80. The highest BCUT2D eigenvalue weighted by Gasteiger charge is 2.42. The van der Waals surface area contributed by atoms with Crippen LogP contribution in [0.2, 0.25) is 0 Å². The van der Waals surface area contributed by atoms with Crippen LogP contribution >= 0.6 is 11.3 Å². The largest absolute Gasteiger partial charge is 0.348 e. The summed E-state index contributed by atoms with van der Waals surface area (Å²) in [7, 11) is 0. The SMILES string of the molecule is Cc1ccsc1C=CC(=O)NC1C2CCN(CC2)[C@H]1Cc1cccnc1. The minimum Gasteiger partial charge on any atom is -0.348 e. The minimum atomic E-state index is 0.0211. The third-order valence-corrected chi connectivity index (χ3v) is 6.71. The predicted octanol–water partition coefficient (Wildman–Crippen LogP) is 3.29. The molecule has 136 valence electrons. The summed E-state index contributed by atoms with van der Waals surface area (Å²) in [5.74, 6) is 0.607. The van der Waals surface area contributed by atoms with Crippen molar-refractivity contribution >= 4 is 23.3 Å². The van der Waals surface area contributed by atoms with Crippen LogP contribution in [0.25, 0.3) is 6.08 Å². The van der Waals surface area contributed by atoms with E-state index in [0.717, 1.165) is 24.4 Å². The standard InChI is InChI=1S/C21H25N3OS/c1-15-8-12-26-19(15)4-5-20(25)23-21-17-6-10-24(11-7-17)18(21)13-16-3-2-9-22-14-16/h2-5,8-9,12,14,17-18,21H,6-7,10-11,13H2,1H3,(H,23,25)/t18-,21?/m0/s1. The molecule has 2 aromatic heterocycles. The van der Waals surface area contributed by atoms with Gasteiger partial charge < -0.3 is 5.32 Å². The minimum absolute atomic E-state index is 0.0211. The fourth-order valence-electron chi connectivity index (χ4n) is 4.30. The molecular formula is C21H25N3OS. The van der Waals surface area contributed by atoms with Crippen LogP contribution in [-0.4, -0.2) is 41.0 Å². The maximum atomic E-state index is 12.6. The number of aromatic nitrogens is 1. The number of thiophene rings is 1. The van der Waals surface area contributed by atoms with Gasteiger partial charge in [0.15, 0.2) is 0 Å². The van der Waals surface area contributed by atoms with E-state index in [1.54, 1.807) is 17.4 Å². The Balaban J connectivity index is 1.46. The molecule has 3 aliphatic rings. The van der Waals surface area contributed by atoms with Crippen molar-refractivity contribution in [2.45, 2.75) is 38.3 Å². The monoisotopic (exact) mass is 367 g/mol. The lowest BCUT2D eigenvalue weighted by atomic mass is 9.77. The van der Waals surface area contributed by atoms with Crippen molar-refractivity contribution in [3.8, 4) is 0 Å². The van der Waals surface area contributed by atoms with Crippen LogP contribution < -0.4 is 5.32 Å². The lowest BCUT2D eigenvalue weighted by Gasteiger charge is -2.51. The molecule has 0 aliphatic carbocycles. The van der Waals surface area contributed by atoms with Crippen molar-refractivity contribution in [2.75, 3.05) is 13.1 Å². The summed E-state index contributed by atoms with van der Waals surface area (Å²) in [4.78, 5) is 20.5. The van der Waals surface area contributed by atoms with E-state index in [1.807, 2.05) is 24.5 Å². The van der Waals surface area contributed by atoms with Gasteiger partial charge in [0, 0.05) is 35.4 Å². The topological polar surface area (TPSA) is 45.2 Å². The smallest absolute Gasteiger partial charge is 0.244 e. The number of amides is 1. The molecule has 1 amide bonds. The second-order valence-electron chi connectivity index (χ2n) is 7.34. The summed E-state index contributed by atoms with van der Waals surface area (Å²) in [5.41, 5.74) is 2.46. The average Bonchev–Trinajstić information content (AvgIpc) is 3.08. The molecule has 0 saturated carbocycles. The van der Waals surface area contributed by atoms with Gasteiger partial charge >= 0.3 is 0 Å². The van der Waals surface area contributed by atoms with Gasteiger partial charge in [0.2, 0.25) is 5.91 Å². The quantitative estimate of drug-likeness (QED) is 0.825. The van der Waals surface area contributed by atoms with E-state index in [0.29, 0.717) is 12.0 Å². The van der Waals surface area contributed by atoms with Gasteiger partial charge in [-0.15, -0.1) is 11.3 Å². The normalized spacial score (nSPS) is 27.7. The molecule has 0 radical (unpaired) electrons. The van der Waals surface area contributed by atoms with Crippen molar-refractivity contribution < 1.29 is 4.79 Å². The highest BCUT2D eigenvalue weighted by atomic mass is 32.1. The van der Waals surface area contributed by atoms with E-state index in [9.17, 15) is 4.79 Å². The van der Waals surface area contributed by atoms with Crippen LogP contribution in [0.4, 0.5) is 0 Å². The number of rotatable bonds is 5. The number of carbonyl (C=O) groups excluding carboxylic acids is 1. The van der Waals surface area contributed by atoms with E-state index < -0.39 is 0 Å². The first-order valence-corrected chi connectivity index (χ1v) is 10.2. The van der Waals surface area contributed by atoms with Gasteiger partial charge in [0.25, 0.3) is 0 Å². The molecule has 26 heavy (non-hydrogen) atoms. The summed E-state index contributed by atoms with van der Waals surface area (Å²) in [6.07, 6.45) is 10.7. The van der Waals surface area contributed by atoms with Gasteiger partial charge in [-0.2, -0.15) is 0 Å². The number of aryl methyl sites for hydroxylation is 1. The Labute approximate surface area is 158 Å². The zero-order valence-corrected chi connectivity index (χ0v) is 15.9. The Morgan fingerprint density at radius 2 is 2.23 bits per heavy atom. The molecule has 2 bridgehead atoms. The molecule has 2 atom stereocenters. The van der Waals surface area contributed by atoms with Gasteiger partial charge in [-0.25, -0.2) is 0 Å². The number of carbonyl (C=O) groups is 1. The number of fused-ring (bicyclic) bond motifs is 3. The average molecular weight is 368 g/mol. The molecule has 1 unspecified atom stereocenters. The Kier molecular flexibility index (Phi) is 5.18. The van der Waals surface area contributed by atoms with Gasteiger partial charge in [-0.1, -0.05) is 6.07 Å². The first-order chi connectivity index (χ1) is 12.7. The van der Waals surface area contributed by atoms with Crippen LogP contribution in [0.15, 0.2) is 42.0 Å². The molecular weight excluding hydrogens is 342 g/mol. The maximum Gasteiger partial charge on any atom is 0.244 e. The van der Waals surface area contributed by atoms with Gasteiger partial charge in [-0.05, 0) is 79.9 Å². The first-order valence-electron chi connectivity index (χ1n) is 9.36. The second-order valence-corrected chi connectivity index (χ2v) is 8.29. The highest BCUT2D eigenvalue weighted by molar-refractivity contribution is 7.11. The molecule has 3 fully saturated rings. The van der Waals surface area contributed by atoms with Crippen LogP contribution in [0.3, 0.4) is 0 Å². The van der Waals surface area contributed by atoms with Gasteiger partial charge in [0.05, 0.1) is 0 Å². The Morgan fingerprint density at radius 1 is 1.38 bits per heavy atom. The van der Waals surface area contributed by atoms with E-state index in [2.05, 4.69) is 39.6 Å². The molecule has 0 aromatic carbocycles. The lowest BCUT2D eigenvalue weighted by Crippen LogP contribution is -2.64. The molecule has 1 N–H and O–H groups in total. The maximum absolute atomic E-state index is 12.6. The second kappa shape index (κ2) is 7.72. The molecule has 2 aromatic rings. The lowest BCUT2D eigenvalue weighted by molar-refractivity contribution is -0.119. The number of nitrogens with one attached hydrogen (secondary N) is 1. The molecule has 3 saturated heterocycles. The zero-order chi connectivity index (χ0) is 17.9. The van der Waals surface area contributed by atoms with E-state index in [-0.39, 0.29) is 11.9 Å². The van der Waals surface area contributed by atoms with Crippen LogP contribution in [0.1, 0.15) is 28.8 Å². The van der Waals surface area contributed by atoms with Crippen molar-refractivity contribution in [1.82, 2.24) is 15.2 Å². The van der Waals surface area contributed by atoms with Crippen molar-refractivity contribution in [3.63, 3.8) is 0 Å². The number of piperidine rings is 3. The summed E-state index contributed by atoms with van der Waals surface area (Å²) >= 11 is 1.67. The van der Waals surface area contributed by atoms with E-state index in [4.69, 9.17) is 0 Å². The van der Waals surface area contributed by atoms with E-state index in [1.165, 1.54) is 24.0 Å². The number of hydrogen-bond donors (Lipinski definition) is 1. The Hall–Kier alpha value is -1.98. The number of pyridine rings is 1. The van der Waals surface area contributed by atoms with Crippen molar-refractivity contribution in [1.29, 1.82) is 0 Å². The Bertz CT molecular complexity index is 778. The molecule has 5 rings (SSSR count). The summed E-state index contributed by atoms with van der Waals surface area (Å²) in [6.45, 7) is 4.36. The van der Waals surface area contributed by atoms with Gasteiger partial charge in [0.1, 0.15) is 0 Å². The molecule has 5 heterocycles. The molecule has 5 heteroatoms. The Morgan fingerprint density at radius 3 is 2.92 bits per heavy atom. The molecule has 4 nitrogen and oxygen atoms in total. The fraction of sp³-hybridized carbons (Fsp3) is 0.429. The van der Waals surface area contributed by atoms with Crippen molar-refractivity contribution in [2.24, 2.45) is 5.92 Å². The third kappa shape index (κ3) is 3.74. The number of hydrogen-bond acceptors (Lipinski definition) is 4. The third-order valence-electron chi connectivity index (χ3n) is 5.73. The zero-order valence-electron chi connectivity index (χ0n) is 15.1. The van der Waals surface area contributed by atoms with Crippen molar-refractivity contribution in [3.05, 3.63) is 58.1 Å². The first kappa shape index (κ1) is 17.4. The van der Waals surface area contributed by atoms with Crippen LogP contribution in [-0.2, 0) is 11.2 Å². The van der Waals surface area contributed by atoms with E-state index >= 15 is 0 Å². The van der Waals surface area contributed by atoms with Crippen LogP contribution in [0.5, 0.6) is 0 Å². The van der Waals surface area contributed by atoms with Crippen LogP contribution in [0, 0.1) is 12.8 Å². The predicted molar refractivity (Wildman–Crippen MR) is 106 cm³/mol. The van der Waals surface area contributed by atoms with Gasteiger partial charge in [-0.3, -0.25) is 14.7 Å². The fourth-order valence-corrected chi connectivity index (χ4v) is 5.12. The highest BCUT2D eigenvalue weighted by Crippen LogP contribution is 2.34.